The molecule has 4 atom stereocenters. The summed E-state index contributed by atoms with van der Waals surface area (Å²) in [5.74, 6) is -4.35. The Kier molecular flexibility index (Phi) is 7.77. The number of halogens is 2. The van der Waals surface area contributed by atoms with E-state index in [2.05, 4.69) is 52.5 Å². The van der Waals surface area contributed by atoms with Crippen molar-refractivity contribution in [2.45, 2.75) is 0 Å². The molecule has 4 N–H and O–H groups in total. The first-order valence-corrected chi connectivity index (χ1v) is 11.2. The Labute approximate surface area is 200 Å². The lowest BCUT2D eigenvalue weighted by Gasteiger charge is -2.48. The van der Waals surface area contributed by atoms with E-state index in [-0.39, 0.29) is 24.9 Å². The molecular weight excluding hydrogens is 552 g/mol. The predicted molar refractivity (Wildman–Crippen MR) is 120 cm³/mol. The van der Waals surface area contributed by atoms with Gasteiger partial charge in [-0.1, -0.05) is 0 Å². The predicted octanol–water partition coefficient (Wildman–Crippen LogP) is 1.85. The lowest BCUT2D eigenvalue weighted by atomic mass is 9.56. The second-order valence-electron chi connectivity index (χ2n) is 7.31. The minimum atomic E-state index is -0.801. The minimum Gasteiger partial charge on any atom is -0.469 e. The molecule has 172 valence electrons. The molecule has 10 nitrogen and oxygen atoms in total. The van der Waals surface area contributed by atoms with Crippen molar-refractivity contribution in [1.82, 2.24) is 20.6 Å². The van der Waals surface area contributed by atoms with E-state index in [1.54, 1.807) is 24.5 Å². The van der Waals surface area contributed by atoms with Crippen LogP contribution in [0.2, 0.25) is 0 Å². The molecule has 1 aliphatic rings. The summed E-state index contributed by atoms with van der Waals surface area (Å²) in [4.78, 5) is 55.3. The highest BCUT2D eigenvalue weighted by Crippen LogP contribution is 2.47. The highest BCUT2D eigenvalue weighted by Gasteiger charge is 2.58. The Morgan fingerprint density at radius 2 is 1.19 bits per heavy atom. The van der Waals surface area contributed by atoms with Crippen molar-refractivity contribution in [3.8, 4) is 0 Å². The van der Waals surface area contributed by atoms with Gasteiger partial charge in [0.15, 0.2) is 0 Å². The standard InChI is InChI=1S/C20H22Br2N4O6/c1-31-19(29)15-11(7-25-17(27)13-3-9(21)5-23-13)12(16(15)20(30)32-2)8-26-18(28)14-4-10(22)6-24-14/h3-6,11-12,15-16,23-24H,7-8H2,1-2H3,(H,25,27)(H,26,28)/t11-,12-,15+,16+/m0/s1. The average Bonchev–Trinajstić information content (AvgIpc) is 3.40. The molecule has 32 heavy (non-hydrogen) atoms. The van der Waals surface area contributed by atoms with Gasteiger partial charge in [0, 0.05) is 34.4 Å². The number of hydrogen-bond donors (Lipinski definition) is 4. The summed E-state index contributed by atoms with van der Waals surface area (Å²) in [6.07, 6.45) is 3.25. The maximum absolute atomic E-state index is 12.4. The lowest BCUT2D eigenvalue weighted by Crippen LogP contribution is -2.61. The second kappa shape index (κ2) is 10.3. The Morgan fingerprint density at radius 1 is 0.812 bits per heavy atom. The molecule has 2 amide bonds. The van der Waals surface area contributed by atoms with E-state index >= 15 is 0 Å². The number of nitrogens with one attached hydrogen (secondary N) is 4. The van der Waals surface area contributed by atoms with Crippen molar-refractivity contribution < 1.29 is 28.7 Å². The first-order chi connectivity index (χ1) is 15.3. The Hall–Kier alpha value is -2.60. The third kappa shape index (κ3) is 5.07. The molecule has 0 saturated heterocycles. The van der Waals surface area contributed by atoms with Crippen molar-refractivity contribution in [1.29, 1.82) is 0 Å². The number of hydrogen-bond acceptors (Lipinski definition) is 6. The number of carbonyl (C=O) groups excluding carboxylic acids is 4. The van der Waals surface area contributed by atoms with Crippen LogP contribution in [0.5, 0.6) is 0 Å². The fourth-order valence-electron chi connectivity index (χ4n) is 4.00. The Morgan fingerprint density at radius 3 is 1.47 bits per heavy atom. The van der Waals surface area contributed by atoms with Gasteiger partial charge in [-0.15, -0.1) is 0 Å². The molecule has 12 heteroatoms. The number of methoxy groups -OCH3 is 2. The van der Waals surface area contributed by atoms with Gasteiger partial charge in [-0.2, -0.15) is 0 Å². The maximum atomic E-state index is 12.4. The van der Waals surface area contributed by atoms with Crippen molar-refractivity contribution in [3.63, 3.8) is 0 Å². The van der Waals surface area contributed by atoms with Crippen molar-refractivity contribution >= 4 is 55.6 Å². The molecule has 0 aromatic carbocycles. The van der Waals surface area contributed by atoms with Crippen LogP contribution >= 0.6 is 31.9 Å². The van der Waals surface area contributed by atoms with E-state index in [0.29, 0.717) is 11.4 Å². The number of H-pyrrole nitrogens is 2. The van der Waals surface area contributed by atoms with Crippen LogP contribution in [0, 0.1) is 23.7 Å². The van der Waals surface area contributed by atoms with E-state index in [1.165, 1.54) is 14.2 Å². The van der Waals surface area contributed by atoms with Crippen LogP contribution in [-0.4, -0.2) is 61.0 Å². The second-order valence-corrected chi connectivity index (χ2v) is 9.14. The van der Waals surface area contributed by atoms with Crippen molar-refractivity contribution in [2.24, 2.45) is 23.7 Å². The Bertz CT molecular complexity index is 939. The van der Waals surface area contributed by atoms with Crippen LogP contribution in [0.1, 0.15) is 21.0 Å². The fraction of sp³-hybridized carbons (Fsp3) is 0.400. The zero-order valence-electron chi connectivity index (χ0n) is 17.2. The van der Waals surface area contributed by atoms with Crippen LogP contribution < -0.4 is 10.6 Å². The summed E-state index contributed by atoms with van der Waals surface area (Å²) in [6.45, 7) is 0.217. The highest BCUT2D eigenvalue weighted by atomic mass is 79.9. The van der Waals surface area contributed by atoms with Crippen LogP contribution in [0.15, 0.2) is 33.5 Å². The Balaban J connectivity index is 1.73. The van der Waals surface area contributed by atoms with Gasteiger partial charge in [-0.3, -0.25) is 19.2 Å². The van der Waals surface area contributed by atoms with E-state index in [1.807, 2.05) is 0 Å². The summed E-state index contributed by atoms with van der Waals surface area (Å²) < 4.78 is 11.2. The van der Waals surface area contributed by atoms with Gasteiger partial charge in [0.1, 0.15) is 11.4 Å². The van der Waals surface area contributed by atoms with Crippen LogP contribution in [0.4, 0.5) is 0 Å². The fourth-order valence-corrected chi connectivity index (χ4v) is 4.69. The van der Waals surface area contributed by atoms with E-state index < -0.39 is 35.6 Å². The topological polar surface area (TPSA) is 142 Å². The summed E-state index contributed by atoms with van der Waals surface area (Å²) in [7, 11) is 2.47. The van der Waals surface area contributed by atoms with Crippen LogP contribution in [0.3, 0.4) is 0 Å². The minimum absolute atomic E-state index is 0.108. The van der Waals surface area contributed by atoms with Gasteiger partial charge in [0.05, 0.1) is 26.1 Å². The smallest absolute Gasteiger partial charge is 0.309 e. The molecule has 1 fully saturated rings. The van der Waals surface area contributed by atoms with E-state index in [9.17, 15) is 19.2 Å². The van der Waals surface area contributed by atoms with Gasteiger partial charge in [-0.05, 0) is 55.8 Å². The molecule has 0 unspecified atom stereocenters. The van der Waals surface area contributed by atoms with Crippen LogP contribution in [-0.2, 0) is 19.1 Å². The number of amides is 2. The van der Waals surface area contributed by atoms with Gasteiger partial charge in [0.2, 0.25) is 0 Å². The molecule has 2 heterocycles. The zero-order chi connectivity index (χ0) is 23.4. The van der Waals surface area contributed by atoms with Crippen molar-refractivity contribution in [2.75, 3.05) is 27.3 Å². The monoisotopic (exact) mass is 572 g/mol. The SMILES string of the molecule is COC(=O)[C@@H]1[C@@H](CNC(=O)c2cc(Br)c[nH]2)[C@H](CNC(=O)c2cc(Br)c[nH]2)[C@H]1C(=O)OC. The normalized spacial score (nSPS) is 21.9. The van der Waals surface area contributed by atoms with Gasteiger partial charge in [-0.25, -0.2) is 0 Å². The molecule has 0 bridgehead atoms. The van der Waals surface area contributed by atoms with Gasteiger partial charge >= 0.3 is 11.9 Å². The number of ether oxygens (including phenoxy) is 2. The molecule has 1 saturated carbocycles. The first-order valence-electron chi connectivity index (χ1n) is 9.66. The number of esters is 2. The van der Waals surface area contributed by atoms with E-state index in [0.717, 1.165) is 8.95 Å². The third-order valence-corrected chi connectivity index (χ3v) is 6.50. The molecule has 1 aliphatic carbocycles. The zero-order valence-corrected chi connectivity index (χ0v) is 20.4. The number of rotatable bonds is 8. The van der Waals surface area contributed by atoms with Crippen LogP contribution in [0.25, 0.3) is 0 Å². The third-order valence-electron chi connectivity index (χ3n) is 5.59. The number of carbonyl (C=O) groups is 4. The molecule has 2 aromatic rings. The molecule has 0 spiro atoms. The quantitative estimate of drug-likeness (QED) is 0.355. The summed E-state index contributed by atoms with van der Waals surface area (Å²) in [5.41, 5.74) is 0.690. The first kappa shape index (κ1) is 24.1. The van der Waals surface area contributed by atoms with Crippen molar-refractivity contribution in [3.05, 3.63) is 44.9 Å². The number of aromatic nitrogens is 2. The maximum Gasteiger partial charge on any atom is 0.309 e. The molecule has 2 aromatic heterocycles. The highest BCUT2D eigenvalue weighted by molar-refractivity contribution is 9.10. The summed E-state index contributed by atoms with van der Waals surface area (Å²) in [6, 6.07) is 3.24. The number of aromatic amines is 2. The summed E-state index contributed by atoms with van der Waals surface area (Å²) in [5, 5.41) is 5.55. The molecule has 0 aliphatic heterocycles. The lowest BCUT2D eigenvalue weighted by molar-refractivity contribution is -0.178. The van der Waals surface area contributed by atoms with E-state index in [4.69, 9.17) is 9.47 Å². The molecular formula is C20H22Br2N4O6. The molecule has 3 rings (SSSR count). The average molecular weight is 574 g/mol. The largest absolute Gasteiger partial charge is 0.469 e. The van der Waals surface area contributed by atoms with Gasteiger partial charge < -0.3 is 30.1 Å². The summed E-state index contributed by atoms with van der Waals surface area (Å²) >= 11 is 6.54. The van der Waals surface area contributed by atoms with Gasteiger partial charge in [0.25, 0.3) is 11.8 Å². The molecule has 0 radical (unpaired) electrons.